The van der Waals surface area contributed by atoms with Crippen molar-refractivity contribution in [1.29, 1.82) is 0 Å². The topological polar surface area (TPSA) is 38.5 Å². The lowest BCUT2D eigenvalue weighted by Crippen LogP contribution is -2.41. The van der Waals surface area contributed by atoms with Crippen LogP contribution in [0, 0.1) is 0 Å². The van der Waals surface area contributed by atoms with E-state index in [4.69, 9.17) is 10.5 Å². The molecule has 0 aromatic heterocycles. The Labute approximate surface area is 123 Å². The molecule has 1 aromatic rings. The van der Waals surface area contributed by atoms with E-state index in [1.165, 1.54) is 11.1 Å². The van der Waals surface area contributed by atoms with Gasteiger partial charge < -0.3 is 10.5 Å². The molecule has 1 fully saturated rings. The van der Waals surface area contributed by atoms with Crippen molar-refractivity contribution in [2.75, 3.05) is 26.2 Å². The van der Waals surface area contributed by atoms with Gasteiger partial charge in [-0.25, -0.2) is 0 Å². The summed E-state index contributed by atoms with van der Waals surface area (Å²) in [4.78, 5) is 2.51. The summed E-state index contributed by atoms with van der Waals surface area (Å²) in [6, 6.07) is 9.29. The molecule has 0 saturated carbocycles. The quantitative estimate of drug-likeness (QED) is 0.868. The second-order valence-corrected chi connectivity index (χ2v) is 5.54. The summed E-state index contributed by atoms with van der Waals surface area (Å²) in [5, 5.41) is 0. The van der Waals surface area contributed by atoms with Crippen LogP contribution in [-0.2, 0) is 11.2 Å². The molecule has 0 bridgehead atoms. The Hall–Kier alpha value is -0.900. The molecule has 1 aromatic carbocycles. The number of piperidine rings is 1. The Morgan fingerprint density at radius 2 is 1.85 bits per heavy atom. The van der Waals surface area contributed by atoms with E-state index < -0.39 is 0 Å². The highest BCUT2D eigenvalue weighted by atomic mass is 16.5. The van der Waals surface area contributed by atoms with Crippen LogP contribution >= 0.6 is 0 Å². The minimum absolute atomic E-state index is 0.350. The molecular weight excluding hydrogens is 248 g/mol. The highest BCUT2D eigenvalue weighted by Gasteiger charge is 2.25. The molecule has 0 spiro atoms. The van der Waals surface area contributed by atoms with Crippen LogP contribution in [0.2, 0.25) is 0 Å². The third kappa shape index (κ3) is 3.81. The zero-order chi connectivity index (χ0) is 14.4. The maximum Gasteiger partial charge on any atom is 0.0599 e. The summed E-state index contributed by atoms with van der Waals surface area (Å²) in [5.74, 6) is 0. The molecule has 20 heavy (non-hydrogen) atoms. The van der Waals surface area contributed by atoms with Gasteiger partial charge in [0.05, 0.1) is 6.10 Å². The zero-order valence-electron chi connectivity index (χ0n) is 12.8. The molecule has 0 radical (unpaired) electrons. The molecule has 1 saturated heterocycles. The number of ether oxygens (including phenoxy) is 1. The van der Waals surface area contributed by atoms with Crippen molar-refractivity contribution < 1.29 is 4.74 Å². The number of nitrogens with zero attached hydrogens (tertiary/aromatic N) is 1. The van der Waals surface area contributed by atoms with Gasteiger partial charge in [-0.3, -0.25) is 4.90 Å². The van der Waals surface area contributed by atoms with E-state index in [1.54, 1.807) is 0 Å². The first-order valence-corrected chi connectivity index (χ1v) is 7.93. The Balaban J connectivity index is 1.97. The largest absolute Gasteiger partial charge is 0.378 e. The number of benzene rings is 1. The lowest BCUT2D eigenvalue weighted by molar-refractivity contribution is 0.00452. The fourth-order valence-electron chi connectivity index (χ4n) is 3.06. The number of nitrogens with two attached hydrogens (primary N) is 1. The van der Waals surface area contributed by atoms with Crippen LogP contribution in [0.5, 0.6) is 0 Å². The van der Waals surface area contributed by atoms with Crippen molar-refractivity contribution in [2.24, 2.45) is 5.73 Å². The second-order valence-electron chi connectivity index (χ2n) is 5.54. The standard InChI is InChI=1S/C17H28N2O/c1-3-14-5-7-15(8-6-14)17(13-18)19-11-9-16(10-12-19)20-4-2/h5-8,16-17H,3-4,9-13,18H2,1-2H3. The monoisotopic (exact) mass is 276 g/mol. The molecule has 2 N–H and O–H groups in total. The molecule has 0 amide bonds. The van der Waals surface area contributed by atoms with Crippen molar-refractivity contribution in [2.45, 2.75) is 45.3 Å². The maximum absolute atomic E-state index is 6.03. The Morgan fingerprint density at radius 3 is 2.35 bits per heavy atom. The number of aryl methyl sites for hydroxylation is 1. The van der Waals surface area contributed by atoms with Crippen molar-refractivity contribution in [3.63, 3.8) is 0 Å². The van der Waals surface area contributed by atoms with E-state index in [2.05, 4.69) is 43.0 Å². The Kier molecular flexibility index (Phi) is 6.02. The van der Waals surface area contributed by atoms with Crippen LogP contribution in [0.25, 0.3) is 0 Å². The number of hydrogen-bond donors (Lipinski definition) is 1. The predicted molar refractivity (Wildman–Crippen MR) is 83.8 cm³/mol. The highest BCUT2D eigenvalue weighted by Crippen LogP contribution is 2.25. The van der Waals surface area contributed by atoms with Gasteiger partial charge in [-0.15, -0.1) is 0 Å². The van der Waals surface area contributed by atoms with E-state index in [0.717, 1.165) is 39.0 Å². The number of hydrogen-bond acceptors (Lipinski definition) is 3. The summed E-state index contributed by atoms with van der Waals surface area (Å²) in [6.07, 6.45) is 3.78. The SMILES string of the molecule is CCOC1CCN(C(CN)c2ccc(CC)cc2)CC1. The first-order valence-electron chi connectivity index (χ1n) is 7.93. The molecule has 1 atom stereocenters. The fourth-order valence-corrected chi connectivity index (χ4v) is 3.06. The first-order chi connectivity index (χ1) is 9.78. The van der Waals surface area contributed by atoms with Crippen LogP contribution in [0.3, 0.4) is 0 Å². The summed E-state index contributed by atoms with van der Waals surface area (Å²) < 4.78 is 5.72. The Morgan fingerprint density at radius 1 is 1.20 bits per heavy atom. The lowest BCUT2D eigenvalue weighted by Gasteiger charge is -2.37. The van der Waals surface area contributed by atoms with Crippen LogP contribution in [0.4, 0.5) is 0 Å². The summed E-state index contributed by atoms with van der Waals surface area (Å²) in [7, 11) is 0. The molecular formula is C17H28N2O. The minimum Gasteiger partial charge on any atom is -0.378 e. The maximum atomic E-state index is 6.03. The summed E-state index contributed by atoms with van der Waals surface area (Å²) in [5.41, 5.74) is 8.76. The van der Waals surface area contributed by atoms with Crippen LogP contribution in [0.15, 0.2) is 24.3 Å². The molecule has 2 rings (SSSR count). The molecule has 3 heteroatoms. The number of likely N-dealkylation sites (tertiary alicyclic amines) is 1. The molecule has 112 valence electrons. The van der Waals surface area contributed by atoms with E-state index in [1.807, 2.05) is 0 Å². The molecule has 1 heterocycles. The average molecular weight is 276 g/mol. The van der Waals surface area contributed by atoms with Crippen LogP contribution in [-0.4, -0.2) is 37.2 Å². The van der Waals surface area contributed by atoms with E-state index >= 15 is 0 Å². The van der Waals surface area contributed by atoms with Crippen LogP contribution < -0.4 is 5.73 Å². The summed E-state index contributed by atoms with van der Waals surface area (Å²) >= 11 is 0. The van der Waals surface area contributed by atoms with Gasteiger partial charge in [0.25, 0.3) is 0 Å². The zero-order valence-corrected chi connectivity index (χ0v) is 12.8. The van der Waals surface area contributed by atoms with Crippen molar-refractivity contribution >= 4 is 0 Å². The predicted octanol–water partition coefficient (Wildman–Crippen LogP) is 2.75. The van der Waals surface area contributed by atoms with E-state index in [0.29, 0.717) is 18.7 Å². The normalized spacial score (nSPS) is 19.1. The minimum atomic E-state index is 0.350. The van der Waals surface area contributed by atoms with Gasteiger partial charge in [0.15, 0.2) is 0 Å². The van der Waals surface area contributed by atoms with Crippen LogP contribution in [0.1, 0.15) is 43.9 Å². The van der Waals surface area contributed by atoms with Gasteiger partial charge in [-0.2, -0.15) is 0 Å². The third-order valence-electron chi connectivity index (χ3n) is 4.32. The second kappa shape index (κ2) is 7.77. The molecule has 3 nitrogen and oxygen atoms in total. The van der Waals surface area contributed by atoms with Crippen molar-refractivity contribution in [3.8, 4) is 0 Å². The van der Waals surface area contributed by atoms with E-state index in [9.17, 15) is 0 Å². The molecule has 1 aliphatic rings. The number of rotatable bonds is 6. The average Bonchev–Trinajstić information content (AvgIpc) is 2.51. The Bertz CT molecular complexity index is 382. The first kappa shape index (κ1) is 15.5. The van der Waals surface area contributed by atoms with Crippen molar-refractivity contribution in [1.82, 2.24) is 4.90 Å². The fraction of sp³-hybridized carbons (Fsp3) is 0.647. The van der Waals surface area contributed by atoms with Gasteiger partial charge in [0.2, 0.25) is 0 Å². The molecule has 1 unspecified atom stereocenters. The van der Waals surface area contributed by atoms with Gasteiger partial charge in [0, 0.05) is 32.3 Å². The molecule has 0 aliphatic carbocycles. The summed E-state index contributed by atoms with van der Waals surface area (Å²) in [6.45, 7) is 7.94. The van der Waals surface area contributed by atoms with Gasteiger partial charge >= 0.3 is 0 Å². The highest BCUT2D eigenvalue weighted by molar-refractivity contribution is 5.25. The van der Waals surface area contributed by atoms with Crippen molar-refractivity contribution in [3.05, 3.63) is 35.4 Å². The molecule has 1 aliphatic heterocycles. The van der Waals surface area contributed by atoms with E-state index in [-0.39, 0.29) is 0 Å². The van der Waals surface area contributed by atoms with Gasteiger partial charge in [-0.1, -0.05) is 31.2 Å². The van der Waals surface area contributed by atoms with Gasteiger partial charge in [-0.05, 0) is 37.3 Å². The lowest BCUT2D eigenvalue weighted by atomic mass is 9.99. The smallest absolute Gasteiger partial charge is 0.0599 e. The third-order valence-corrected chi connectivity index (χ3v) is 4.32. The van der Waals surface area contributed by atoms with Gasteiger partial charge in [0.1, 0.15) is 0 Å².